The van der Waals surface area contributed by atoms with E-state index in [0.29, 0.717) is 19.5 Å². The summed E-state index contributed by atoms with van der Waals surface area (Å²) in [5, 5.41) is 6.07. The zero-order valence-corrected chi connectivity index (χ0v) is 24.6. The number of benzene rings is 2. The summed E-state index contributed by atoms with van der Waals surface area (Å²) < 4.78 is 10.2. The number of alkyl carbamates (subject to hydrolysis) is 1. The second kappa shape index (κ2) is 20.7. The molecule has 218 valence electrons. The zero-order chi connectivity index (χ0) is 29.6. The maximum atomic E-state index is 11.4. The number of aldehydes is 1. The van der Waals surface area contributed by atoms with Crippen LogP contribution in [0.15, 0.2) is 60.7 Å². The predicted octanol–water partition coefficient (Wildman–Crippen LogP) is 5.65. The number of hydrogen-bond acceptors (Lipinski definition) is 7. The summed E-state index contributed by atoms with van der Waals surface area (Å²) in [5.41, 5.74) is 6.49. The van der Waals surface area contributed by atoms with Crippen LogP contribution < -0.4 is 16.4 Å². The largest absolute Gasteiger partial charge is 0.460 e. The van der Waals surface area contributed by atoms with E-state index in [2.05, 4.69) is 22.8 Å². The molecule has 0 aliphatic carbocycles. The van der Waals surface area contributed by atoms with E-state index in [-0.39, 0.29) is 17.7 Å². The number of hydrogen-bond donors (Lipinski definition) is 3. The summed E-state index contributed by atoms with van der Waals surface area (Å²) in [6.07, 6.45) is 3.56. The number of rotatable bonds is 11. The van der Waals surface area contributed by atoms with Crippen molar-refractivity contribution in [2.45, 2.75) is 85.0 Å². The molecule has 39 heavy (non-hydrogen) atoms. The van der Waals surface area contributed by atoms with Gasteiger partial charge in [0.05, 0.1) is 0 Å². The highest BCUT2D eigenvalue weighted by Crippen LogP contribution is 2.09. The fourth-order valence-corrected chi connectivity index (χ4v) is 2.88. The minimum Gasteiger partial charge on any atom is -0.460 e. The van der Waals surface area contributed by atoms with Gasteiger partial charge in [0.2, 0.25) is 0 Å². The normalized spacial score (nSPS) is 10.6. The Morgan fingerprint density at radius 2 is 1.36 bits per heavy atom. The predicted molar refractivity (Wildman–Crippen MR) is 158 cm³/mol. The average Bonchev–Trinajstić information content (AvgIpc) is 2.86. The van der Waals surface area contributed by atoms with E-state index >= 15 is 0 Å². The molecule has 0 saturated heterocycles. The van der Waals surface area contributed by atoms with Crippen LogP contribution in [-0.2, 0) is 20.8 Å². The molecule has 0 aromatic heterocycles. The van der Waals surface area contributed by atoms with Crippen LogP contribution in [-0.4, -0.2) is 49.2 Å². The Balaban J connectivity index is 0.000000614. The van der Waals surface area contributed by atoms with Crippen LogP contribution in [0, 0.1) is 0 Å². The van der Waals surface area contributed by atoms with Crippen molar-refractivity contribution in [3.05, 3.63) is 71.8 Å². The van der Waals surface area contributed by atoms with Gasteiger partial charge in [0.25, 0.3) is 0 Å². The van der Waals surface area contributed by atoms with Crippen molar-refractivity contribution in [3.63, 3.8) is 0 Å². The second-order valence-corrected chi connectivity index (χ2v) is 10.8. The van der Waals surface area contributed by atoms with E-state index < -0.39 is 5.60 Å². The van der Waals surface area contributed by atoms with E-state index in [1.807, 2.05) is 77.9 Å². The van der Waals surface area contributed by atoms with Crippen LogP contribution in [0.3, 0.4) is 0 Å². The van der Waals surface area contributed by atoms with Gasteiger partial charge in [0.1, 0.15) is 17.5 Å². The molecule has 0 fully saturated rings. The molecule has 0 spiro atoms. The van der Waals surface area contributed by atoms with Crippen molar-refractivity contribution in [1.29, 1.82) is 0 Å². The molecule has 8 heteroatoms. The van der Waals surface area contributed by atoms with E-state index in [1.165, 1.54) is 5.56 Å². The zero-order valence-electron chi connectivity index (χ0n) is 24.6. The van der Waals surface area contributed by atoms with Gasteiger partial charge >= 0.3 is 12.1 Å². The summed E-state index contributed by atoms with van der Waals surface area (Å²) in [7, 11) is 0. The van der Waals surface area contributed by atoms with Crippen LogP contribution in [0.25, 0.3) is 0 Å². The van der Waals surface area contributed by atoms with Gasteiger partial charge in [-0.05, 0) is 79.5 Å². The van der Waals surface area contributed by atoms with Crippen molar-refractivity contribution in [1.82, 2.24) is 10.6 Å². The number of esters is 1. The molecule has 0 saturated carbocycles. The van der Waals surface area contributed by atoms with Crippen LogP contribution in [0.4, 0.5) is 4.79 Å². The molecule has 0 radical (unpaired) electrons. The van der Waals surface area contributed by atoms with Crippen molar-refractivity contribution in [2.75, 3.05) is 19.6 Å². The van der Waals surface area contributed by atoms with Crippen LogP contribution >= 0.6 is 0 Å². The molecule has 0 bridgehead atoms. The molecule has 0 unspecified atom stereocenters. The molecule has 1 amide bonds. The van der Waals surface area contributed by atoms with E-state index in [4.69, 9.17) is 15.2 Å². The fourth-order valence-electron chi connectivity index (χ4n) is 2.88. The molecule has 2 aromatic carbocycles. The van der Waals surface area contributed by atoms with Crippen molar-refractivity contribution < 1.29 is 23.9 Å². The van der Waals surface area contributed by atoms with E-state index in [9.17, 15) is 14.4 Å². The molecular formula is C31H49N3O5. The average molecular weight is 544 g/mol. The Labute approximate surface area is 235 Å². The molecule has 8 nitrogen and oxygen atoms in total. The topological polar surface area (TPSA) is 120 Å². The fraction of sp³-hybridized carbons (Fsp3) is 0.516. The van der Waals surface area contributed by atoms with Gasteiger partial charge < -0.3 is 25.8 Å². The molecule has 0 aliphatic rings. The summed E-state index contributed by atoms with van der Waals surface area (Å²) in [5.74, 6) is -0.129. The number of unbranched alkanes of at least 4 members (excludes halogenated alkanes) is 1. The Hall–Kier alpha value is -3.23. The third-order valence-corrected chi connectivity index (χ3v) is 4.56. The number of nitrogens with two attached hydrogens (primary N) is 1. The first-order chi connectivity index (χ1) is 18.4. The highest BCUT2D eigenvalue weighted by molar-refractivity contribution is 5.74. The molecular weight excluding hydrogens is 494 g/mol. The first-order valence-corrected chi connectivity index (χ1v) is 13.5. The minimum atomic E-state index is -0.435. The maximum absolute atomic E-state index is 11.4. The molecule has 2 rings (SSSR count). The number of carbonyl (C=O) groups excluding carboxylic acids is 3. The lowest BCUT2D eigenvalue weighted by Crippen LogP contribution is -2.33. The molecule has 0 atom stereocenters. The van der Waals surface area contributed by atoms with Crippen molar-refractivity contribution in [2.24, 2.45) is 5.73 Å². The Kier molecular flexibility index (Phi) is 19.0. The second-order valence-electron chi connectivity index (χ2n) is 10.8. The highest BCUT2D eigenvalue weighted by atomic mass is 16.6. The summed E-state index contributed by atoms with van der Waals surface area (Å²) in [4.78, 5) is 32.4. The minimum absolute atomic E-state index is 0.129. The summed E-state index contributed by atoms with van der Waals surface area (Å²) >= 11 is 0. The quantitative estimate of drug-likeness (QED) is 0.190. The highest BCUT2D eigenvalue weighted by Gasteiger charge is 2.16. The lowest BCUT2D eigenvalue weighted by atomic mass is 10.2. The SMILES string of the molecule is CC(C)(C)OC(=O)CCCCN.CC(C)(C)OC(=O)NCCCNCc1ccccc1.O=Cc1ccccc1. The van der Waals surface area contributed by atoms with Gasteiger partial charge in [-0.25, -0.2) is 4.79 Å². The third kappa shape index (κ3) is 24.8. The van der Waals surface area contributed by atoms with Gasteiger partial charge in [0.15, 0.2) is 0 Å². The van der Waals surface area contributed by atoms with Gasteiger partial charge in [0, 0.05) is 25.1 Å². The first-order valence-electron chi connectivity index (χ1n) is 13.5. The molecule has 0 aliphatic heterocycles. The van der Waals surface area contributed by atoms with Gasteiger partial charge in [-0.3, -0.25) is 9.59 Å². The Morgan fingerprint density at radius 1 is 0.795 bits per heavy atom. The Bertz CT molecular complexity index is 907. The van der Waals surface area contributed by atoms with E-state index in [0.717, 1.165) is 44.2 Å². The van der Waals surface area contributed by atoms with Crippen LogP contribution in [0.2, 0.25) is 0 Å². The Morgan fingerprint density at radius 3 is 1.85 bits per heavy atom. The maximum Gasteiger partial charge on any atom is 0.407 e. The lowest BCUT2D eigenvalue weighted by Gasteiger charge is -2.19. The number of carbonyl (C=O) groups is 3. The van der Waals surface area contributed by atoms with Gasteiger partial charge in [-0.15, -0.1) is 0 Å². The first kappa shape index (κ1) is 35.8. The van der Waals surface area contributed by atoms with Crippen LogP contribution in [0.1, 0.15) is 83.1 Å². The van der Waals surface area contributed by atoms with Crippen molar-refractivity contribution >= 4 is 18.3 Å². The number of amides is 1. The van der Waals surface area contributed by atoms with E-state index in [1.54, 1.807) is 12.1 Å². The van der Waals surface area contributed by atoms with Crippen molar-refractivity contribution in [3.8, 4) is 0 Å². The summed E-state index contributed by atoms with van der Waals surface area (Å²) in [6.45, 7) is 14.2. The number of nitrogens with one attached hydrogen (secondary N) is 2. The van der Waals surface area contributed by atoms with Crippen LogP contribution in [0.5, 0.6) is 0 Å². The number of ether oxygens (including phenoxy) is 2. The third-order valence-electron chi connectivity index (χ3n) is 4.56. The monoisotopic (exact) mass is 543 g/mol. The van der Waals surface area contributed by atoms with Gasteiger partial charge in [-0.1, -0.05) is 60.7 Å². The van der Waals surface area contributed by atoms with Gasteiger partial charge in [-0.2, -0.15) is 0 Å². The smallest absolute Gasteiger partial charge is 0.407 e. The molecule has 2 aromatic rings. The standard InChI is InChI=1S/C15H24N2O2.C9H19NO2.C7H6O/c1-15(2,3)19-14(18)17-11-7-10-16-12-13-8-5-4-6-9-13;1-9(2,3)12-8(11)6-4-5-7-10;8-6-7-4-2-1-3-5-7/h4-6,8-9,16H,7,10-12H2,1-3H3,(H,17,18);4-7,10H2,1-3H3;1-6H. The summed E-state index contributed by atoms with van der Waals surface area (Å²) in [6, 6.07) is 19.3. The lowest BCUT2D eigenvalue weighted by molar-refractivity contribution is -0.154. The molecule has 4 N–H and O–H groups in total. The molecule has 0 heterocycles.